The second-order valence-corrected chi connectivity index (χ2v) is 5.89. The molecule has 2 fully saturated rings. The molecule has 3 N–H and O–H groups in total. The highest BCUT2D eigenvalue weighted by atomic mass is 16.4. The van der Waals surface area contributed by atoms with E-state index >= 15 is 0 Å². The second kappa shape index (κ2) is 6.92. The molecule has 2 amide bonds. The van der Waals surface area contributed by atoms with E-state index in [0.717, 1.165) is 25.7 Å². The van der Waals surface area contributed by atoms with E-state index in [0.29, 0.717) is 0 Å². The van der Waals surface area contributed by atoms with Gasteiger partial charge in [-0.1, -0.05) is 32.1 Å². The summed E-state index contributed by atoms with van der Waals surface area (Å²) in [6.45, 7) is 0.107. The Bertz CT molecular complexity index is 353. The highest BCUT2D eigenvalue weighted by Crippen LogP contribution is 2.20. The highest BCUT2D eigenvalue weighted by Gasteiger charge is 2.39. The largest absolute Gasteiger partial charge is 0.480 e. The molecule has 0 spiro atoms. The van der Waals surface area contributed by atoms with Crippen LogP contribution in [-0.2, 0) is 4.79 Å². The molecular formula is C14H24N2O4. The summed E-state index contributed by atoms with van der Waals surface area (Å²) < 4.78 is 0. The normalized spacial score (nSPS) is 28.8. The van der Waals surface area contributed by atoms with Crippen LogP contribution in [0.2, 0.25) is 0 Å². The summed E-state index contributed by atoms with van der Waals surface area (Å²) in [6, 6.07) is -1.12. The molecule has 6 heteroatoms. The van der Waals surface area contributed by atoms with Crippen LogP contribution >= 0.6 is 0 Å². The lowest BCUT2D eigenvalue weighted by molar-refractivity contribution is -0.141. The molecule has 1 aliphatic carbocycles. The number of carbonyl (C=O) groups excluding carboxylic acids is 1. The smallest absolute Gasteiger partial charge is 0.326 e. The van der Waals surface area contributed by atoms with Gasteiger partial charge in [0.25, 0.3) is 0 Å². The molecule has 2 rings (SSSR count). The van der Waals surface area contributed by atoms with Crippen LogP contribution in [0.5, 0.6) is 0 Å². The molecule has 0 bridgehead atoms. The molecule has 0 aromatic rings. The maximum absolute atomic E-state index is 12.2. The molecule has 1 heterocycles. The van der Waals surface area contributed by atoms with Crippen molar-refractivity contribution in [3.63, 3.8) is 0 Å². The molecule has 1 aliphatic heterocycles. The summed E-state index contributed by atoms with van der Waals surface area (Å²) in [7, 11) is 0. The molecule has 2 aliphatic rings. The Hall–Kier alpha value is -1.30. The summed E-state index contributed by atoms with van der Waals surface area (Å²) in [5, 5.41) is 21.6. The van der Waals surface area contributed by atoms with Crippen LogP contribution in [0, 0.1) is 0 Å². The van der Waals surface area contributed by atoms with E-state index in [4.69, 9.17) is 5.11 Å². The summed E-state index contributed by atoms with van der Waals surface area (Å²) in [5.74, 6) is -1.05. The van der Waals surface area contributed by atoms with Gasteiger partial charge in [0.15, 0.2) is 0 Å². The van der Waals surface area contributed by atoms with Crippen molar-refractivity contribution in [2.24, 2.45) is 0 Å². The van der Waals surface area contributed by atoms with Gasteiger partial charge in [-0.3, -0.25) is 0 Å². The topological polar surface area (TPSA) is 89.9 Å². The third-order valence-corrected chi connectivity index (χ3v) is 4.26. The van der Waals surface area contributed by atoms with Crippen LogP contribution in [0.25, 0.3) is 0 Å². The van der Waals surface area contributed by atoms with Crippen LogP contribution in [0.1, 0.15) is 51.4 Å². The van der Waals surface area contributed by atoms with E-state index in [1.165, 1.54) is 24.2 Å². The number of urea groups is 1. The van der Waals surface area contributed by atoms with Crippen LogP contribution < -0.4 is 5.32 Å². The number of aliphatic hydroxyl groups excluding tert-OH is 1. The van der Waals surface area contributed by atoms with Gasteiger partial charge in [-0.05, 0) is 12.8 Å². The fourth-order valence-corrected chi connectivity index (χ4v) is 3.13. The predicted octanol–water partition coefficient (Wildman–Crippen LogP) is 1.33. The molecule has 114 valence electrons. The maximum Gasteiger partial charge on any atom is 0.326 e. The predicted molar refractivity (Wildman–Crippen MR) is 73.4 cm³/mol. The van der Waals surface area contributed by atoms with Crippen LogP contribution in [-0.4, -0.2) is 51.8 Å². The molecular weight excluding hydrogens is 260 g/mol. The van der Waals surface area contributed by atoms with Crippen LogP contribution in [0.4, 0.5) is 4.79 Å². The van der Waals surface area contributed by atoms with Gasteiger partial charge < -0.3 is 20.4 Å². The number of β-amino-alcohol motifs (C(OH)–C–C–N with tert-alkyl or cyclic N) is 1. The van der Waals surface area contributed by atoms with Gasteiger partial charge in [0.2, 0.25) is 0 Å². The van der Waals surface area contributed by atoms with E-state index in [9.17, 15) is 14.7 Å². The Morgan fingerprint density at radius 1 is 1.05 bits per heavy atom. The molecule has 0 aromatic heterocycles. The van der Waals surface area contributed by atoms with Crippen LogP contribution in [0.3, 0.4) is 0 Å². The molecule has 1 saturated carbocycles. The molecule has 2 atom stereocenters. The lowest BCUT2D eigenvalue weighted by Gasteiger charge is -2.26. The summed E-state index contributed by atoms with van der Waals surface area (Å²) in [4.78, 5) is 24.6. The summed E-state index contributed by atoms with van der Waals surface area (Å²) >= 11 is 0. The van der Waals surface area contributed by atoms with Crippen molar-refractivity contribution < 1.29 is 19.8 Å². The minimum atomic E-state index is -1.05. The quantitative estimate of drug-likeness (QED) is 0.713. The van der Waals surface area contributed by atoms with Crippen molar-refractivity contribution in [3.8, 4) is 0 Å². The standard InChI is InChI=1S/C14H24N2O4/c17-11-8-12(13(18)19)16(9-11)14(20)15-10-6-4-2-1-3-5-7-10/h10-12,17H,1-9H2,(H,15,20)(H,18,19)/t11-,12+/m1/s1. The number of carboxylic acid groups (broad SMARTS) is 1. The number of carboxylic acids is 1. The van der Waals surface area contributed by atoms with E-state index in [-0.39, 0.29) is 25.0 Å². The number of amides is 2. The number of nitrogens with zero attached hydrogens (tertiary/aromatic N) is 1. The van der Waals surface area contributed by atoms with Crippen molar-refractivity contribution in [2.75, 3.05) is 6.54 Å². The van der Waals surface area contributed by atoms with E-state index in [1.807, 2.05) is 0 Å². The fraction of sp³-hybridized carbons (Fsp3) is 0.857. The lowest BCUT2D eigenvalue weighted by Crippen LogP contribution is -2.49. The average molecular weight is 284 g/mol. The zero-order valence-corrected chi connectivity index (χ0v) is 11.8. The number of hydrogen-bond donors (Lipinski definition) is 3. The number of likely N-dealkylation sites (tertiary alicyclic amines) is 1. The highest BCUT2D eigenvalue weighted by molar-refractivity contribution is 5.83. The molecule has 0 unspecified atom stereocenters. The Morgan fingerprint density at radius 3 is 2.25 bits per heavy atom. The second-order valence-electron chi connectivity index (χ2n) is 5.89. The van der Waals surface area contributed by atoms with Gasteiger partial charge in [-0.2, -0.15) is 0 Å². The lowest BCUT2D eigenvalue weighted by atomic mass is 9.97. The van der Waals surface area contributed by atoms with Gasteiger partial charge in [-0.25, -0.2) is 9.59 Å². The number of carbonyl (C=O) groups is 2. The number of aliphatic carboxylic acids is 1. The van der Waals surface area contributed by atoms with E-state index in [2.05, 4.69) is 5.32 Å². The van der Waals surface area contributed by atoms with Crippen molar-refractivity contribution in [2.45, 2.75) is 69.6 Å². The Morgan fingerprint density at radius 2 is 1.65 bits per heavy atom. The third-order valence-electron chi connectivity index (χ3n) is 4.26. The molecule has 0 radical (unpaired) electrons. The van der Waals surface area contributed by atoms with Crippen molar-refractivity contribution in [3.05, 3.63) is 0 Å². The van der Waals surface area contributed by atoms with E-state index < -0.39 is 18.1 Å². The zero-order valence-electron chi connectivity index (χ0n) is 11.8. The number of nitrogens with one attached hydrogen (secondary N) is 1. The molecule has 20 heavy (non-hydrogen) atoms. The van der Waals surface area contributed by atoms with Crippen molar-refractivity contribution in [1.82, 2.24) is 10.2 Å². The first-order valence-electron chi connectivity index (χ1n) is 7.56. The van der Waals surface area contributed by atoms with Gasteiger partial charge in [-0.15, -0.1) is 0 Å². The maximum atomic E-state index is 12.2. The van der Waals surface area contributed by atoms with Crippen molar-refractivity contribution >= 4 is 12.0 Å². The number of hydrogen-bond acceptors (Lipinski definition) is 3. The Balaban J connectivity index is 1.90. The minimum absolute atomic E-state index is 0.107. The number of aliphatic hydroxyl groups is 1. The first-order chi connectivity index (χ1) is 9.58. The molecule has 6 nitrogen and oxygen atoms in total. The van der Waals surface area contributed by atoms with Gasteiger partial charge >= 0.3 is 12.0 Å². The zero-order chi connectivity index (χ0) is 14.5. The Labute approximate surface area is 119 Å². The minimum Gasteiger partial charge on any atom is -0.480 e. The first-order valence-corrected chi connectivity index (χ1v) is 7.56. The Kier molecular flexibility index (Phi) is 5.23. The third kappa shape index (κ3) is 3.85. The van der Waals surface area contributed by atoms with Gasteiger partial charge in [0.1, 0.15) is 6.04 Å². The van der Waals surface area contributed by atoms with Gasteiger partial charge in [0.05, 0.1) is 6.10 Å². The average Bonchev–Trinajstić information content (AvgIpc) is 2.75. The molecule has 1 saturated heterocycles. The van der Waals surface area contributed by atoms with Crippen LogP contribution in [0.15, 0.2) is 0 Å². The van der Waals surface area contributed by atoms with Crippen molar-refractivity contribution in [1.29, 1.82) is 0 Å². The monoisotopic (exact) mass is 284 g/mol. The van der Waals surface area contributed by atoms with E-state index in [1.54, 1.807) is 0 Å². The number of rotatable bonds is 2. The molecule has 0 aromatic carbocycles. The summed E-state index contributed by atoms with van der Waals surface area (Å²) in [5.41, 5.74) is 0. The summed E-state index contributed by atoms with van der Waals surface area (Å²) in [6.07, 6.45) is 7.18. The fourth-order valence-electron chi connectivity index (χ4n) is 3.13. The first kappa shape index (κ1) is 15.1. The van der Waals surface area contributed by atoms with Gasteiger partial charge in [0, 0.05) is 19.0 Å². The SMILES string of the molecule is O=C(O)[C@@H]1C[C@@H](O)CN1C(=O)NC1CCCCCCC1.